The van der Waals surface area contributed by atoms with Crippen LogP contribution in [-0.4, -0.2) is 71.2 Å². The molecule has 39 heavy (non-hydrogen) atoms. The second kappa shape index (κ2) is 11.1. The van der Waals surface area contributed by atoms with Crippen molar-refractivity contribution in [2.45, 2.75) is 12.6 Å². The van der Waals surface area contributed by atoms with Crippen LogP contribution in [0.15, 0.2) is 77.3 Å². The maximum Gasteiger partial charge on any atom is 0.332 e. The van der Waals surface area contributed by atoms with Gasteiger partial charge in [0, 0.05) is 41.7 Å². The SMILES string of the molecule is CN(Cc1ccc(Br)cc1Oc1cccc(Cl)c1)C(=O)C(=O)N1CCN2C(=O)N(c3ccccc3)C(=O)C2C1. The summed E-state index contributed by atoms with van der Waals surface area (Å²) in [5.41, 5.74) is 1.16. The Labute approximate surface area is 238 Å². The van der Waals surface area contributed by atoms with E-state index in [1.54, 1.807) is 66.7 Å². The van der Waals surface area contributed by atoms with E-state index in [0.717, 1.165) is 9.37 Å². The Morgan fingerprint density at radius 1 is 1.03 bits per heavy atom. The number of imide groups is 1. The Kier molecular flexibility index (Phi) is 7.58. The number of para-hydroxylation sites is 1. The molecule has 2 aliphatic rings. The molecule has 0 saturated carbocycles. The molecule has 2 fully saturated rings. The second-order valence-corrected chi connectivity index (χ2v) is 10.6. The summed E-state index contributed by atoms with van der Waals surface area (Å²) in [5.74, 6) is -0.836. The van der Waals surface area contributed by atoms with Crippen LogP contribution in [0.5, 0.6) is 11.5 Å². The van der Waals surface area contributed by atoms with Crippen LogP contribution in [0, 0.1) is 0 Å². The summed E-state index contributed by atoms with van der Waals surface area (Å²) >= 11 is 9.52. The van der Waals surface area contributed by atoms with E-state index in [1.807, 2.05) is 6.07 Å². The first-order chi connectivity index (χ1) is 18.7. The summed E-state index contributed by atoms with van der Waals surface area (Å²) < 4.78 is 6.80. The molecular formula is C28H24BrClN4O5. The maximum atomic E-state index is 13.2. The summed E-state index contributed by atoms with van der Waals surface area (Å²) in [6.07, 6.45) is 0. The molecule has 0 spiro atoms. The molecule has 0 aliphatic carbocycles. The number of ether oxygens (including phenoxy) is 1. The van der Waals surface area contributed by atoms with E-state index in [2.05, 4.69) is 15.9 Å². The standard InChI is InChI=1S/C28H24BrClN4O5/c1-31(16-18-10-11-19(29)14-24(18)39-22-9-5-6-20(30)15-22)26(36)27(37)32-12-13-33-23(17-32)25(35)34(28(33)38)21-7-3-2-4-8-21/h2-11,14-15,23H,12-13,16-17H2,1H3. The first-order valence-electron chi connectivity index (χ1n) is 12.2. The van der Waals surface area contributed by atoms with Gasteiger partial charge in [0.05, 0.1) is 12.2 Å². The van der Waals surface area contributed by atoms with Crippen molar-refractivity contribution in [2.75, 3.05) is 31.6 Å². The number of amides is 5. The second-order valence-electron chi connectivity index (χ2n) is 9.22. The first-order valence-corrected chi connectivity index (χ1v) is 13.4. The lowest BCUT2D eigenvalue weighted by molar-refractivity contribution is -0.153. The third-order valence-corrected chi connectivity index (χ3v) is 7.34. The van der Waals surface area contributed by atoms with Crippen molar-refractivity contribution in [3.63, 3.8) is 0 Å². The zero-order chi connectivity index (χ0) is 27.7. The first kappa shape index (κ1) is 26.7. The van der Waals surface area contributed by atoms with Gasteiger partial charge in [0.25, 0.3) is 5.91 Å². The van der Waals surface area contributed by atoms with Gasteiger partial charge in [-0.2, -0.15) is 0 Å². The molecule has 1 unspecified atom stereocenters. The molecule has 9 nitrogen and oxygen atoms in total. The topological polar surface area (TPSA) is 90.5 Å². The Balaban J connectivity index is 1.27. The van der Waals surface area contributed by atoms with Crippen LogP contribution < -0.4 is 9.64 Å². The fourth-order valence-electron chi connectivity index (χ4n) is 4.63. The van der Waals surface area contributed by atoms with Crippen LogP contribution in [0.2, 0.25) is 5.02 Å². The van der Waals surface area contributed by atoms with Gasteiger partial charge >= 0.3 is 17.8 Å². The largest absolute Gasteiger partial charge is 0.457 e. The Morgan fingerprint density at radius 2 is 1.79 bits per heavy atom. The van der Waals surface area contributed by atoms with E-state index in [-0.39, 0.29) is 26.2 Å². The summed E-state index contributed by atoms with van der Waals surface area (Å²) in [7, 11) is 1.53. The van der Waals surface area contributed by atoms with Crippen LogP contribution in [-0.2, 0) is 20.9 Å². The van der Waals surface area contributed by atoms with Crippen molar-refractivity contribution in [3.8, 4) is 11.5 Å². The molecule has 5 rings (SSSR count). The number of hydrogen-bond acceptors (Lipinski definition) is 5. The summed E-state index contributed by atoms with van der Waals surface area (Å²) in [6, 6.07) is 19.7. The van der Waals surface area contributed by atoms with E-state index in [9.17, 15) is 19.2 Å². The predicted molar refractivity (Wildman–Crippen MR) is 149 cm³/mol. The lowest BCUT2D eigenvalue weighted by Gasteiger charge is -2.35. The van der Waals surface area contributed by atoms with E-state index >= 15 is 0 Å². The number of hydrogen-bond donors (Lipinski definition) is 0. The van der Waals surface area contributed by atoms with Gasteiger partial charge in [-0.3, -0.25) is 14.4 Å². The van der Waals surface area contributed by atoms with Gasteiger partial charge in [-0.15, -0.1) is 0 Å². The van der Waals surface area contributed by atoms with Crippen molar-refractivity contribution >= 4 is 57.0 Å². The molecule has 5 amide bonds. The maximum absolute atomic E-state index is 13.2. The van der Waals surface area contributed by atoms with Gasteiger partial charge < -0.3 is 19.4 Å². The van der Waals surface area contributed by atoms with Crippen LogP contribution >= 0.6 is 27.5 Å². The van der Waals surface area contributed by atoms with E-state index < -0.39 is 29.8 Å². The van der Waals surface area contributed by atoms with Crippen molar-refractivity contribution in [1.29, 1.82) is 0 Å². The molecule has 2 heterocycles. The normalized spacial score (nSPS) is 16.8. The van der Waals surface area contributed by atoms with Crippen LogP contribution in [0.4, 0.5) is 10.5 Å². The lowest BCUT2D eigenvalue weighted by atomic mass is 10.1. The molecule has 0 bridgehead atoms. The van der Waals surface area contributed by atoms with Gasteiger partial charge in [-0.1, -0.05) is 57.9 Å². The monoisotopic (exact) mass is 610 g/mol. The van der Waals surface area contributed by atoms with Crippen molar-refractivity contribution < 1.29 is 23.9 Å². The Bertz CT molecular complexity index is 1450. The molecule has 1 atom stereocenters. The quantitative estimate of drug-likeness (QED) is 0.312. The minimum Gasteiger partial charge on any atom is -0.457 e. The molecule has 2 aliphatic heterocycles. The third-order valence-electron chi connectivity index (χ3n) is 6.61. The fourth-order valence-corrected chi connectivity index (χ4v) is 5.15. The minimum atomic E-state index is -0.835. The Morgan fingerprint density at radius 3 is 2.54 bits per heavy atom. The highest BCUT2D eigenvalue weighted by Gasteiger charge is 2.49. The number of halogens is 2. The van der Waals surface area contributed by atoms with Gasteiger partial charge in [-0.25, -0.2) is 9.69 Å². The van der Waals surface area contributed by atoms with E-state index in [1.165, 1.54) is 21.7 Å². The zero-order valence-corrected chi connectivity index (χ0v) is 23.3. The molecule has 3 aromatic carbocycles. The lowest BCUT2D eigenvalue weighted by Crippen LogP contribution is -2.57. The Hall–Kier alpha value is -3.89. The number of anilines is 1. The highest BCUT2D eigenvalue weighted by atomic mass is 79.9. The summed E-state index contributed by atoms with van der Waals surface area (Å²) in [5, 5.41) is 0.524. The van der Waals surface area contributed by atoms with Gasteiger partial charge in [0.2, 0.25) is 0 Å². The number of carbonyl (C=O) groups is 4. The number of urea groups is 1. The number of benzene rings is 3. The fraction of sp³-hybridized carbons (Fsp3) is 0.214. The van der Waals surface area contributed by atoms with Crippen molar-refractivity contribution in [2.24, 2.45) is 0 Å². The average Bonchev–Trinajstić information content (AvgIpc) is 3.18. The zero-order valence-electron chi connectivity index (χ0n) is 20.9. The molecule has 3 aromatic rings. The third kappa shape index (κ3) is 5.48. The van der Waals surface area contributed by atoms with E-state index in [0.29, 0.717) is 27.8 Å². The average molecular weight is 612 g/mol. The molecule has 0 N–H and O–H groups in total. The highest BCUT2D eigenvalue weighted by molar-refractivity contribution is 9.10. The van der Waals surface area contributed by atoms with Crippen molar-refractivity contribution in [3.05, 3.63) is 87.9 Å². The summed E-state index contributed by atoms with van der Waals surface area (Å²) in [4.78, 5) is 57.6. The smallest absolute Gasteiger partial charge is 0.332 e. The molecular weight excluding hydrogens is 588 g/mol. The molecule has 0 radical (unpaired) electrons. The number of piperazine rings is 1. The van der Waals surface area contributed by atoms with Gasteiger partial charge in [0.1, 0.15) is 17.5 Å². The molecule has 200 valence electrons. The minimum absolute atomic E-state index is 0.0479. The molecule has 0 aromatic heterocycles. The van der Waals surface area contributed by atoms with Gasteiger partial charge in [-0.05, 0) is 42.5 Å². The van der Waals surface area contributed by atoms with Crippen molar-refractivity contribution in [1.82, 2.24) is 14.7 Å². The highest BCUT2D eigenvalue weighted by Crippen LogP contribution is 2.31. The number of fused-ring (bicyclic) bond motifs is 1. The number of carbonyl (C=O) groups excluding carboxylic acids is 4. The van der Waals surface area contributed by atoms with Crippen LogP contribution in [0.1, 0.15) is 5.56 Å². The van der Waals surface area contributed by atoms with E-state index in [4.69, 9.17) is 16.3 Å². The molecule has 2 saturated heterocycles. The predicted octanol–water partition coefficient (Wildman–Crippen LogP) is 4.53. The number of rotatable bonds is 5. The van der Waals surface area contributed by atoms with Crippen LogP contribution in [0.25, 0.3) is 0 Å². The molecule has 11 heteroatoms. The van der Waals surface area contributed by atoms with Gasteiger partial charge in [0.15, 0.2) is 0 Å². The number of nitrogens with zero attached hydrogens (tertiary/aromatic N) is 4. The van der Waals surface area contributed by atoms with Crippen LogP contribution in [0.3, 0.4) is 0 Å². The summed E-state index contributed by atoms with van der Waals surface area (Å²) in [6.45, 7) is 0.369. The number of likely N-dealkylation sites (N-methyl/N-ethyl adjacent to an activating group) is 1.